The Kier molecular flexibility index (Phi) is 9.79. The van der Waals surface area contributed by atoms with Gasteiger partial charge in [0.25, 0.3) is 5.91 Å². The molecule has 0 spiro atoms. The Morgan fingerprint density at radius 1 is 1.15 bits per heavy atom. The van der Waals surface area contributed by atoms with Crippen molar-refractivity contribution in [2.45, 2.75) is 26.3 Å². The van der Waals surface area contributed by atoms with Crippen LogP contribution in [0.2, 0.25) is 0 Å². The highest BCUT2D eigenvalue weighted by Crippen LogP contribution is 2.23. The minimum absolute atomic E-state index is 0. The molecular weight excluding hydrogens is 383 g/mol. The maximum absolute atomic E-state index is 12.6. The van der Waals surface area contributed by atoms with Gasteiger partial charge in [-0.2, -0.15) is 0 Å². The molecule has 0 saturated heterocycles. The first-order valence-corrected chi connectivity index (χ1v) is 8.52. The van der Waals surface area contributed by atoms with E-state index in [0.717, 1.165) is 16.8 Å². The Labute approximate surface area is 174 Å². The zero-order valence-corrected chi connectivity index (χ0v) is 18.2. The number of rotatable bonds is 6. The van der Waals surface area contributed by atoms with Crippen molar-refractivity contribution in [3.8, 4) is 11.1 Å². The van der Waals surface area contributed by atoms with E-state index in [4.69, 9.17) is 5.73 Å². The summed E-state index contributed by atoms with van der Waals surface area (Å²) in [6.45, 7) is 6.45. The van der Waals surface area contributed by atoms with Gasteiger partial charge in [-0.15, -0.1) is 24.8 Å². The van der Waals surface area contributed by atoms with Crippen molar-refractivity contribution >= 4 is 36.4 Å². The molecule has 0 aliphatic rings. The average Bonchev–Trinajstić information content (AvgIpc) is 2.61. The van der Waals surface area contributed by atoms with Crippen molar-refractivity contribution in [2.24, 2.45) is 11.7 Å². The molecule has 1 atom stereocenters. The molecule has 1 amide bonds. The monoisotopic (exact) mass is 412 g/mol. The molecule has 5 nitrogen and oxygen atoms in total. The Bertz CT molecular complexity index is 735. The first-order chi connectivity index (χ1) is 11.8. The van der Waals surface area contributed by atoms with Crippen molar-refractivity contribution in [3.63, 3.8) is 0 Å². The molecule has 1 unspecified atom stereocenters. The zero-order valence-electron chi connectivity index (χ0n) is 16.5. The summed E-state index contributed by atoms with van der Waals surface area (Å²) >= 11 is 0. The zero-order chi connectivity index (χ0) is 18.6. The largest absolute Gasteiger partial charge is 0.378 e. The van der Waals surface area contributed by atoms with Gasteiger partial charge in [-0.1, -0.05) is 26.0 Å². The molecule has 1 heterocycles. The van der Waals surface area contributed by atoms with Gasteiger partial charge in [0.1, 0.15) is 0 Å². The van der Waals surface area contributed by atoms with Crippen LogP contribution >= 0.6 is 24.8 Å². The minimum Gasteiger partial charge on any atom is -0.378 e. The van der Waals surface area contributed by atoms with Gasteiger partial charge in [-0.3, -0.25) is 9.78 Å². The van der Waals surface area contributed by atoms with Crippen LogP contribution in [-0.4, -0.2) is 37.1 Å². The molecule has 27 heavy (non-hydrogen) atoms. The summed E-state index contributed by atoms with van der Waals surface area (Å²) in [5.41, 5.74) is 9.02. The SMILES string of the molecule is CC(C)C(C)(CN)NC(=O)c1cncc(-c2ccc(N(C)C)cc2)c1.Cl.Cl. The molecule has 2 aromatic rings. The third-order valence-electron chi connectivity index (χ3n) is 4.81. The van der Waals surface area contributed by atoms with Gasteiger partial charge < -0.3 is 16.0 Å². The number of carbonyl (C=O) groups excluding carboxylic acids is 1. The average molecular weight is 413 g/mol. The van der Waals surface area contributed by atoms with Gasteiger partial charge in [0.05, 0.1) is 11.1 Å². The van der Waals surface area contributed by atoms with Crippen LogP contribution in [0.5, 0.6) is 0 Å². The van der Waals surface area contributed by atoms with E-state index in [-0.39, 0.29) is 36.6 Å². The lowest BCUT2D eigenvalue weighted by Crippen LogP contribution is -2.55. The molecule has 1 aromatic carbocycles. The highest BCUT2D eigenvalue weighted by atomic mass is 35.5. The standard InChI is InChI=1S/C20H28N4O.2ClH/c1-14(2)20(3,13-21)23-19(25)17-10-16(11-22-12-17)15-6-8-18(9-7-15)24(4)5;;/h6-12,14H,13,21H2,1-5H3,(H,23,25);2*1H. The van der Waals surface area contributed by atoms with Gasteiger partial charge in [0, 0.05) is 44.3 Å². The normalized spacial score (nSPS) is 12.4. The Balaban J connectivity index is 0.00000338. The smallest absolute Gasteiger partial charge is 0.253 e. The number of hydrogen-bond acceptors (Lipinski definition) is 4. The number of benzene rings is 1. The number of nitrogens with one attached hydrogen (secondary N) is 1. The van der Waals surface area contributed by atoms with Crippen molar-refractivity contribution in [1.29, 1.82) is 0 Å². The lowest BCUT2D eigenvalue weighted by molar-refractivity contribution is 0.0883. The van der Waals surface area contributed by atoms with Crippen LogP contribution in [0, 0.1) is 5.92 Å². The highest BCUT2D eigenvalue weighted by Gasteiger charge is 2.29. The number of halogens is 2. The van der Waals surface area contributed by atoms with Crippen molar-refractivity contribution in [3.05, 3.63) is 48.3 Å². The number of carbonyl (C=O) groups is 1. The summed E-state index contributed by atoms with van der Waals surface area (Å²) in [5, 5.41) is 3.05. The second-order valence-electron chi connectivity index (χ2n) is 7.13. The molecule has 0 saturated carbocycles. The predicted molar refractivity (Wildman–Crippen MR) is 118 cm³/mol. The minimum atomic E-state index is -0.444. The molecule has 7 heteroatoms. The van der Waals surface area contributed by atoms with E-state index < -0.39 is 5.54 Å². The first-order valence-electron chi connectivity index (χ1n) is 8.52. The van der Waals surface area contributed by atoms with Crippen LogP contribution in [0.25, 0.3) is 11.1 Å². The quantitative estimate of drug-likeness (QED) is 0.757. The first kappa shape index (κ1) is 25.2. The summed E-state index contributed by atoms with van der Waals surface area (Å²) in [5.74, 6) is 0.0806. The maximum atomic E-state index is 12.6. The Morgan fingerprint density at radius 2 is 1.74 bits per heavy atom. The highest BCUT2D eigenvalue weighted by molar-refractivity contribution is 5.95. The summed E-state index contributed by atoms with van der Waals surface area (Å²) < 4.78 is 0. The van der Waals surface area contributed by atoms with Crippen LogP contribution in [0.1, 0.15) is 31.1 Å². The van der Waals surface area contributed by atoms with E-state index in [9.17, 15) is 4.79 Å². The topological polar surface area (TPSA) is 71.2 Å². The predicted octanol–water partition coefficient (Wildman–Crippen LogP) is 3.76. The van der Waals surface area contributed by atoms with Crippen LogP contribution in [0.15, 0.2) is 42.7 Å². The second-order valence-corrected chi connectivity index (χ2v) is 7.13. The van der Waals surface area contributed by atoms with E-state index in [2.05, 4.69) is 10.3 Å². The van der Waals surface area contributed by atoms with Crippen molar-refractivity contribution in [2.75, 3.05) is 25.5 Å². The number of amides is 1. The van der Waals surface area contributed by atoms with E-state index in [1.54, 1.807) is 12.4 Å². The van der Waals surface area contributed by atoms with Gasteiger partial charge in [-0.05, 0) is 36.6 Å². The second kappa shape index (κ2) is 10.5. The lowest BCUT2D eigenvalue weighted by atomic mass is 9.88. The molecule has 150 valence electrons. The molecule has 3 N–H and O–H groups in total. The van der Waals surface area contributed by atoms with Crippen LogP contribution in [0.4, 0.5) is 5.69 Å². The van der Waals surface area contributed by atoms with Gasteiger partial charge >= 0.3 is 0 Å². The fraction of sp³-hybridized carbons (Fsp3) is 0.400. The number of hydrogen-bond donors (Lipinski definition) is 2. The number of anilines is 1. The Morgan fingerprint density at radius 3 is 2.22 bits per heavy atom. The van der Waals surface area contributed by atoms with E-state index in [0.29, 0.717) is 12.1 Å². The fourth-order valence-corrected chi connectivity index (χ4v) is 2.44. The number of nitrogens with zero attached hydrogens (tertiary/aromatic N) is 2. The molecular formula is C20H30Cl2N4O. The number of aromatic nitrogens is 1. The van der Waals surface area contributed by atoms with Crippen LogP contribution in [-0.2, 0) is 0 Å². The molecule has 2 rings (SSSR count). The molecule has 0 aliphatic heterocycles. The number of nitrogens with two attached hydrogens (primary N) is 1. The van der Waals surface area contributed by atoms with E-state index in [1.807, 2.05) is 70.1 Å². The summed E-state index contributed by atoms with van der Waals surface area (Å²) in [6.07, 6.45) is 3.36. The van der Waals surface area contributed by atoms with Gasteiger partial charge in [0.2, 0.25) is 0 Å². The lowest BCUT2D eigenvalue weighted by Gasteiger charge is -2.33. The molecule has 0 radical (unpaired) electrons. The Hall–Kier alpha value is -1.82. The third-order valence-corrected chi connectivity index (χ3v) is 4.81. The van der Waals surface area contributed by atoms with Gasteiger partial charge in [-0.25, -0.2) is 0 Å². The van der Waals surface area contributed by atoms with Crippen LogP contribution in [0.3, 0.4) is 0 Å². The maximum Gasteiger partial charge on any atom is 0.253 e. The van der Waals surface area contributed by atoms with Gasteiger partial charge in [0.15, 0.2) is 0 Å². The molecule has 0 fully saturated rings. The molecule has 0 aliphatic carbocycles. The number of pyridine rings is 1. The van der Waals surface area contributed by atoms with Crippen molar-refractivity contribution in [1.82, 2.24) is 10.3 Å². The van der Waals surface area contributed by atoms with E-state index >= 15 is 0 Å². The fourth-order valence-electron chi connectivity index (χ4n) is 2.44. The third kappa shape index (κ3) is 6.09. The molecule has 1 aromatic heterocycles. The van der Waals surface area contributed by atoms with E-state index in [1.165, 1.54) is 0 Å². The summed E-state index contributed by atoms with van der Waals surface area (Å²) in [6, 6.07) is 10.0. The van der Waals surface area contributed by atoms with Crippen LogP contribution < -0.4 is 16.0 Å². The molecule has 0 bridgehead atoms. The summed E-state index contributed by atoms with van der Waals surface area (Å²) in [4.78, 5) is 18.9. The summed E-state index contributed by atoms with van der Waals surface area (Å²) in [7, 11) is 4.01. The van der Waals surface area contributed by atoms with Crippen molar-refractivity contribution < 1.29 is 4.79 Å².